The van der Waals surface area contributed by atoms with Gasteiger partial charge in [0, 0.05) is 24.6 Å². The molecule has 0 aromatic heterocycles. The Balaban J connectivity index is 2.38. The number of fused-ring (bicyclic) bond motifs is 1. The van der Waals surface area contributed by atoms with Crippen molar-refractivity contribution in [1.82, 2.24) is 0 Å². The Kier molecular flexibility index (Phi) is 2.68. The lowest BCUT2D eigenvalue weighted by Crippen LogP contribution is -2.23. The molecule has 0 amide bonds. The molecule has 1 atom stereocenters. The van der Waals surface area contributed by atoms with Gasteiger partial charge in [-0.25, -0.2) is 0 Å². The summed E-state index contributed by atoms with van der Waals surface area (Å²) in [5.41, 5.74) is 2.52. The Hall–Kier alpha value is -0.700. The van der Waals surface area contributed by atoms with Crippen LogP contribution >= 0.6 is 15.9 Å². The zero-order valence-electron chi connectivity index (χ0n) is 8.55. The summed E-state index contributed by atoms with van der Waals surface area (Å²) in [5, 5.41) is 3.47. The zero-order chi connectivity index (χ0) is 10.1. The second-order valence-electron chi connectivity index (χ2n) is 4.03. The van der Waals surface area contributed by atoms with Crippen LogP contribution in [0.25, 0.3) is 0 Å². The average Bonchev–Trinajstić information content (AvgIpc) is 2.26. The Morgan fingerprint density at radius 2 is 2.29 bits per heavy atom. The predicted octanol–water partition coefficient (Wildman–Crippen LogP) is 2.95. The van der Waals surface area contributed by atoms with Crippen LogP contribution in [0.1, 0.15) is 6.92 Å². The first-order valence-electron chi connectivity index (χ1n) is 4.91. The number of rotatable bonds is 0. The van der Waals surface area contributed by atoms with Crippen LogP contribution in [0, 0.1) is 5.92 Å². The van der Waals surface area contributed by atoms with Gasteiger partial charge >= 0.3 is 0 Å². The lowest BCUT2D eigenvalue weighted by atomic mass is 10.2. The zero-order valence-corrected chi connectivity index (χ0v) is 10.1. The van der Waals surface area contributed by atoms with E-state index in [1.165, 1.54) is 11.4 Å². The van der Waals surface area contributed by atoms with Crippen molar-refractivity contribution < 1.29 is 0 Å². The molecule has 1 aliphatic heterocycles. The minimum Gasteiger partial charge on any atom is -0.383 e. The maximum Gasteiger partial charge on any atom is 0.0600 e. The van der Waals surface area contributed by atoms with Crippen molar-refractivity contribution in [3.63, 3.8) is 0 Å². The third-order valence-electron chi connectivity index (χ3n) is 2.60. The fraction of sp³-hybridized carbons (Fsp3) is 0.455. The minimum absolute atomic E-state index is 0.686. The third kappa shape index (κ3) is 1.87. The largest absolute Gasteiger partial charge is 0.383 e. The first-order valence-corrected chi connectivity index (χ1v) is 5.70. The molecule has 1 N–H and O–H groups in total. The van der Waals surface area contributed by atoms with E-state index in [1.807, 2.05) is 0 Å². The van der Waals surface area contributed by atoms with Crippen LogP contribution in [0.2, 0.25) is 0 Å². The standard InChI is InChI=1S/C11H15BrN2/c1-8-6-13-10-5-9(12)3-4-11(10)14(2)7-8/h3-5,8,13H,6-7H2,1-2H3. The van der Waals surface area contributed by atoms with E-state index in [9.17, 15) is 0 Å². The molecule has 0 bridgehead atoms. The molecule has 2 rings (SSSR count). The summed E-state index contributed by atoms with van der Waals surface area (Å²) in [7, 11) is 2.15. The van der Waals surface area contributed by atoms with Gasteiger partial charge in [-0.2, -0.15) is 0 Å². The normalized spacial score (nSPS) is 21.1. The Bertz CT molecular complexity index is 338. The first kappa shape index (κ1) is 9.84. The van der Waals surface area contributed by atoms with Gasteiger partial charge in [0.2, 0.25) is 0 Å². The van der Waals surface area contributed by atoms with Gasteiger partial charge in [-0.3, -0.25) is 0 Å². The molecule has 76 valence electrons. The van der Waals surface area contributed by atoms with E-state index in [0.717, 1.165) is 17.6 Å². The molecule has 0 saturated heterocycles. The smallest absolute Gasteiger partial charge is 0.0600 e. The van der Waals surface area contributed by atoms with Crippen LogP contribution < -0.4 is 10.2 Å². The van der Waals surface area contributed by atoms with Crippen LogP contribution in [0.4, 0.5) is 11.4 Å². The van der Waals surface area contributed by atoms with Crippen molar-refractivity contribution in [2.24, 2.45) is 5.92 Å². The van der Waals surface area contributed by atoms with Gasteiger partial charge in [0.1, 0.15) is 0 Å². The van der Waals surface area contributed by atoms with Gasteiger partial charge in [-0.15, -0.1) is 0 Å². The summed E-state index contributed by atoms with van der Waals surface area (Å²) in [5.74, 6) is 0.686. The summed E-state index contributed by atoms with van der Waals surface area (Å²) in [6.45, 7) is 4.43. The summed E-state index contributed by atoms with van der Waals surface area (Å²) in [6, 6.07) is 6.39. The quantitative estimate of drug-likeness (QED) is 0.766. The van der Waals surface area contributed by atoms with E-state index >= 15 is 0 Å². The molecule has 1 heterocycles. The highest BCUT2D eigenvalue weighted by atomic mass is 79.9. The van der Waals surface area contributed by atoms with Crippen molar-refractivity contribution in [1.29, 1.82) is 0 Å². The number of nitrogens with zero attached hydrogens (tertiary/aromatic N) is 1. The maximum absolute atomic E-state index is 3.49. The molecule has 0 aliphatic carbocycles. The molecule has 1 aromatic rings. The monoisotopic (exact) mass is 254 g/mol. The van der Waals surface area contributed by atoms with Gasteiger partial charge in [0.25, 0.3) is 0 Å². The molecular weight excluding hydrogens is 240 g/mol. The van der Waals surface area contributed by atoms with Crippen molar-refractivity contribution in [2.45, 2.75) is 6.92 Å². The Labute approximate surface area is 93.4 Å². The van der Waals surface area contributed by atoms with E-state index in [1.54, 1.807) is 0 Å². The second-order valence-corrected chi connectivity index (χ2v) is 4.94. The van der Waals surface area contributed by atoms with Crippen LogP contribution in [0.15, 0.2) is 22.7 Å². The number of anilines is 2. The molecule has 3 heteroatoms. The van der Waals surface area contributed by atoms with Gasteiger partial charge in [0.15, 0.2) is 0 Å². The van der Waals surface area contributed by atoms with Crippen LogP contribution in [-0.4, -0.2) is 20.1 Å². The van der Waals surface area contributed by atoms with E-state index in [4.69, 9.17) is 0 Å². The van der Waals surface area contributed by atoms with E-state index < -0.39 is 0 Å². The second kappa shape index (κ2) is 3.81. The van der Waals surface area contributed by atoms with Crippen LogP contribution in [-0.2, 0) is 0 Å². The first-order chi connectivity index (χ1) is 6.66. The van der Waals surface area contributed by atoms with Crippen LogP contribution in [0.5, 0.6) is 0 Å². The van der Waals surface area contributed by atoms with Gasteiger partial charge in [0.05, 0.1) is 11.4 Å². The van der Waals surface area contributed by atoms with Crippen molar-refractivity contribution in [2.75, 3.05) is 30.4 Å². The predicted molar refractivity (Wildman–Crippen MR) is 65.1 cm³/mol. The van der Waals surface area contributed by atoms with Crippen molar-refractivity contribution in [3.8, 4) is 0 Å². The molecule has 2 nitrogen and oxygen atoms in total. The molecule has 0 fully saturated rings. The molecular formula is C11H15BrN2. The third-order valence-corrected chi connectivity index (χ3v) is 3.09. The van der Waals surface area contributed by atoms with Crippen molar-refractivity contribution >= 4 is 27.3 Å². The van der Waals surface area contributed by atoms with Crippen molar-refractivity contribution in [3.05, 3.63) is 22.7 Å². The average molecular weight is 255 g/mol. The van der Waals surface area contributed by atoms with Crippen LogP contribution in [0.3, 0.4) is 0 Å². The number of nitrogens with one attached hydrogen (secondary N) is 1. The highest BCUT2D eigenvalue weighted by molar-refractivity contribution is 9.10. The van der Waals surface area contributed by atoms with Gasteiger partial charge < -0.3 is 10.2 Å². The number of hydrogen-bond acceptors (Lipinski definition) is 2. The topological polar surface area (TPSA) is 15.3 Å². The fourth-order valence-corrected chi connectivity index (χ4v) is 2.26. The summed E-state index contributed by atoms with van der Waals surface area (Å²) in [4.78, 5) is 2.31. The fourth-order valence-electron chi connectivity index (χ4n) is 1.90. The Morgan fingerprint density at radius 1 is 1.50 bits per heavy atom. The molecule has 1 aromatic carbocycles. The maximum atomic E-state index is 3.49. The molecule has 14 heavy (non-hydrogen) atoms. The Morgan fingerprint density at radius 3 is 3.07 bits per heavy atom. The highest BCUT2D eigenvalue weighted by Crippen LogP contribution is 2.31. The highest BCUT2D eigenvalue weighted by Gasteiger charge is 2.15. The molecule has 0 saturated carbocycles. The lowest BCUT2D eigenvalue weighted by molar-refractivity contribution is 0.618. The summed E-state index contributed by atoms with van der Waals surface area (Å²) < 4.78 is 1.13. The molecule has 0 spiro atoms. The SMILES string of the molecule is CC1CNc2cc(Br)ccc2N(C)C1. The van der Waals surface area contributed by atoms with E-state index in [0.29, 0.717) is 5.92 Å². The van der Waals surface area contributed by atoms with Gasteiger partial charge in [-0.05, 0) is 24.1 Å². The molecule has 1 unspecified atom stereocenters. The lowest BCUT2D eigenvalue weighted by Gasteiger charge is -2.20. The number of halogens is 1. The molecule has 0 radical (unpaired) electrons. The minimum atomic E-state index is 0.686. The number of benzene rings is 1. The molecule has 1 aliphatic rings. The van der Waals surface area contributed by atoms with E-state index in [2.05, 4.69) is 58.3 Å². The van der Waals surface area contributed by atoms with E-state index in [-0.39, 0.29) is 0 Å². The summed E-state index contributed by atoms with van der Waals surface area (Å²) >= 11 is 3.49. The van der Waals surface area contributed by atoms with Gasteiger partial charge in [-0.1, -0.05) is 22.9 Å². The number of hydrogen-bond donors (Lipinski definition) is 1. The summed E-state index contributed by atoms with van der Waals surface area (Å²) in [6.07, 6.45) is 0.